The van der Waals surface area contributed by atoms with Gasteiger partial charge in [0.05, 0.1) is 51.8 Å². The molecule has 1 aliphatic heterocycles. The molecule has 16 aromatic rings. The molecule has 0 radical (unpaired) electrons. The van der Waals surface area contributed by atoms with E-state index in [1.807, 2.05) is 229 Å². The Labute approximate surface area is 786 Å². The Morgan fingerprint density at radius 1 is 0.376 bits per heavy atom. The van der Waals surface area contributed by atoms with E-state index in [2.05, 4.69) is 180 Å². The largest absolute Gasteiger partial charge is 0.348 e. The lowest BCUT2D eigenvalue weighted by Crippen LogP contribution is -2.44. The van der Waals surface area contributed by atoms with Gasteiger partial charge in [0.15, 0.2) is 0 Å². The summed E-state index contributed by atoms with van der Waals surface area (Å²) in [6.07, 6.45) is 1.76. The molecular formula is C107H114BrClN16O8. The van der Waals surface area contributed by atoms with E-state index in [0.29, 0.717) is 60.9 Å². The number of fused-ring (bicyclic) bond motifs is 4. The Bertz CT molecular complexity index is 7140. The van der Waals surface area contributed by atoms with Gasteiger partial charge in [0.1, 0.15) is 5.65 Å². The number of aryl methyl sites for hydroxylation is 9. The van der Waals surface area contributed by atoms with Gasteiger partial charge in [-0.05, 0) is 229 Å². The maximum atomic E-state index is 13.6. The van der Waals surface area contributed by atoms with Gasteiger partial charge in [-0.2, -0.15) is 4.98 Å². The monoisotopic (exact) mass is 1860 g/mol. The first-order valence-electron chi connectivity index (χ1n) is 44.8. The van der Waals surface area contributed by atoms with Gasteiger partial charge in [-0.3, -0.25) is 38.4 Å². The summed E-state index contributed by atoms with van der Waals surface area (Å²) < 4.78 is 9.75. The van der Waals surface area contributed by atoms with Crippen LogP contribution in [0.4, 0.5) is 5.95 Å². The van der Waals surface area contributed by atoms with Gasteiger partial charge in [-0.15, -0.1) is 0 Å². The summed E-state index contributed by atoms with van der Waals surface area (Å²) in [6.45, 7) is 37.5. The zero-order valence-electron chi connectivity index (χ0n) is 78.2. The zero-order chi connectivity index (χ0) is 95.1. The number of aromatic nitrogens is 10. The smallest absolute Gasteiger partial charge is 0.254 e. The van der Waals surface area contributed by atoms with E-state index in [4.69, 9.17) is 16.6 Å². The van der Waals surface area contributed by atoms with Gasteiger partial charge in [-0.1, -0.05) is 167 Å². The summed E-state index contributed by atoms with van der Waals surface area (Å²) in [5.41, 5.74) is 23.8. The Kier molecular flexibility index (Phi) is 29.5. The first-order valence-corrected chi connectivity index (χ1v) is 46.0. The SMILES string of the molecule is Cc1cc(C)c(CNC(=O)c2c(C)n(C(C)c3ccc(Cl)cc3)c3ccccc23)c(=O)[nH]1.Cc1cc(C)c(CNC(=O)c2c(C)n(C(C)c3cccc(Br)c3)c3ccccc23)c(=O)[nH]1.Cc1cc(C)c(CNC(=O)c2c(C)n([C@H](C)c3ccccc3)c3nc(N4CCNCC4)ncc23)c(=O)[nH]1.Cc1ccc(C(C)n2c(C)c(C(=O)NCc3c(C)cc(C)[nH]c3=O)c3ccccc32)cc1. The Morgan fingerprint density at radius 3 is 1.06 bits per heavy atom. The number of carbonyl (C=O) groups excluding carboxylic acids is 4. The number of benzene rings is 7. The van der Waals surface area contributed by atoms with E-state index in [1.165, 1.54) is 11.1 Å². The highest BCUT2D eigenvalue weighted by atomic mass is 79.9. The molecule has 9 aromatic heterocycles. The molecule has 4 amide bonds. The number of piperazine rings is 1. The summed E-state index contributed by atoms with van der Waals surface area (Å²) in [6, 6.07) is 66.3. The molecule has 684 valence electrons. The normalized spacial score (nSPS) is 12.8. The highest BCUT2D eigenvalue weighted by molar-refractivity contribution is 9.10. The summed E-state index contributed by atoms with van der Waals surface area (Å²) >= 11 is 9.62. The lowest BCUT2D eigenvalue weighted by Gasteiger charge is -2.27. The maximum Gasteiger partial charge on any atom is 0.254 e. The third-order valence-corrected chi connectivity index (χ3v) is 26.3. The molecule has 24 nitrogen and oxygen atoms in total. The number of hydrogen-bond donors (Lipinski definition) is 9. The number of H-pyrrole nitrogens is 4. The van der Waals surface area contributed by atoms with Crippen molar-refractivity contribution in [1.82, 2.24) is 74.8 Å². The highest BCUT2D eigenvalue weighted by Gasteiger charge is 2.31. The van der Waals surface area contributed by atoms with Crippen LogP contribution >= 0.6 is 27.5 Å². The average Bonchev–Trinajstić information content (AvgIpc) is 1.53. The highest BCUT2D eigenvalue weighted by Crippen LogP contribution is 2.38. The van der Waals surface area contributed by atoms with Crippen LogP contribution in [-0.2, 0) is 26.2 Å². The molecule has 133 heavy (non-hydrogen) atoms. The number of anilines is 1. The topological polar surface area (TPSA) is 309 Å². The fourth-order valence-corrected chi connectivity index (χ4v) is 19.2. The van der Waals surface area contributed by atoms with E-state index < -0.39 is 0 Å². The summed E-state index contributed by atoms with van der Waals surface area (Å²) in [4.78, 5) is 126. The number of carbonyl (C=O) groups is 4. The van der Waals surface area contributed by atoms with Crippen LogP contribution in [0.2, 0.25) is 5.02 Å². The van der Waals surface area contributed by atoms with Crippen LogP contribution in [0, 0.1) is 90.0 Å². The molecule has 1 saturated heterocycles. The van der Waals surface area contributed by atoms with Crippen LogP contribution < -0.4 is 53.7 Å². The molecule has 26 heteroatoms. The zero-order valence-corrected chi connectivity index (χ0v) is 80.6. The van der Waals surface area contributed by atoms with E-state index in [9.17, 15) is 38.4 Å². The van der Waals surface area contributed by atoms with Gasteiger partial charge in [-0.25, -0.2) is 4.98 Å². The fraction of sp³-hybridized carbons (Fsp3) is 0.271. The van der Waals surface area contributed by atoms with Crippen molar-refractivity contribution in [3.8, 4) is 0 Å². The first kappa shape index (κ1) is 95.1. The van der Waals surface area contributed by atoms with Crippen LogP contribution in [0.5, 0.6) is 0 Å². The molecule has 0 spiro atoms. The molecule has 3 unspecified atom stereocenters. The van der Waals surface area contributed by atoms with E-state index >= 15 is 0 Å². The second-order valence-electron chi connectivity index (χ2n) is 34.7. The third-order valence-electron chi connectivity index (χ3n) is 25.5. The fourth-order valence-electron chi connectivity index (χ4n) is 18.6. The van der Waals surface area contributed by atoms with E-state index in [-0.39, 0.29) is 96.2 Å². The first-order chi connectivity index (χ1) is 63.7. The number of pyridine rings is 4. The predicted molar refractivity (Wildman–Crippen MR) is 537 cm³/mol. The van der Waals surface area contributed by atoms with Crippen molar-refractivity contribution < 1.29 is 19.2 Å². The second-order valence-corrected chi connectivity index (χ2v) is 36.0. The molecule has 7 aromatic carbocycles. The minimum Gasteiger partial charge on any atom is -0.348 e. The number of hydrogen-bond acceptors (Lipinski definition) is 12. The summed E-state index contributed by atoms with van der Waals surface area (Å²) in [5.74, 6) is -0.132. The molecule has 9 N–H and O–H groups in total. The summed E-state index contributed by atoms with van der Waals surface area (Å²) in [7, 11) is 0. The van der Waals surface area contributed by atoms with Crippen LogP contribution in [0.1, 0.15) is 211 Å². The quantitative estimate of drug-likeness (QED) is 0.0324. The molecule has 1 aliphatic rings. The van der Waals surface area contributed by atoms with Crippen molar-refractivity contribution >= 4 is 101 Å². The molecule has 0 saturated carbocycles. The van der Waals surface area contributed by atoms with Crippen molar-refractivity contribution in [2.75, 3.05) is 31.1 Å². The van der Waals surface area contributed by atoms with Crippen LogP contribution in [0.3, 0.4) is 0 Å². The number of aromatic amines is 4. The lowest BCUT2D eigenvalue weighted by atomic mass is 10.1. The van der Waals surface area contributed by atoms with Crippen LogP contribution in [0.25, 0.3) is 43.7 Å². The number of halogens is 2. The molecule has 0 bridgehead atoms. The van der Waals surface area contributed by atoms with E-state index in [0.717, 1.165) is 154 Å². The van der Waals surface area contributed by atoms with Gasteiger partial charge in [0.2, 0.25) is 5.95 Å². The Morgan fingerprint density at radius 2 is 0.692 bits per heavy atom. The number of nitrogens with zero attached hydrogens (tertiary/aromatic N) is 7. The van der Waals surface area contributed by atoms with Crippen molar-refractivity contribution in [3.63, 3.8) is 0 Å². The summed E-state index contributed by atoms with van der Waals surface area (Å²) in [5, 5.41) is 19.3. The van der Waals surface area contributed by atoms with Gasteiger partial charge in [0, 0.05) is 169 Å². The van der Waals surface area contributed by atoms with E-state index in [1.54, 1.807) is 6.20 Å². The van der Waals surface area contributed by atoms with Gasteiger partial charge >= 0.3 is 0 Å². The van der Waals surface area contributed by atoms with Gasteiger partial charge in [0.25, 0.3) is 45.9 Å². The minimum absolute atomic E-state index is 0.0147. The number of rotatable bonds is 21. The van der Waals surface area contributed by atoms with Crippen molar-refractivity contribution in [2.24, 2.45) is 0 Å². The van der Waals surface area contributed by atoms with Crippen LogP contribution in [0.15, 0.2) is 230 Å². The molecule has 17 rings (SSSR count). The molecular weight excluding hydrogens is 1750 g/mol. The van der Waals surface area contributed by atoms with Gasteiger partial charge < -0.3 is 69.7 Å². The molecule has 4 atom stereocenters. The Hall–Kier alpha value is -14.0. The van der Waals surface area contributed by atoms with Crippen molar-refractivity contribution in [1.29, 1.82) is 0 Å². The van der Waals surface area contributed by atoms with Crippen LogP contribution in [-0.4, -0.2) is 98.0 Å². The molecule has 1 fully saturated rings. The second kappa shape index (κ2) is 41.2. The maximum absolute atomic E-state index is 13.6. The number of nitrogens with one attached hydrogen (secondary N) is 9. The van der Waals surface area contributed by atoms with Crippen molar-refractivity contribution in [3.05, 3.63) is 397 Å². The minimum atomic E-state index is -0.251. The average molecular weight is 1870 g/mol. The number of amides is 4. The number of para-hydroxylation sites is 3. The molecule has 0 aliphatic carbocycles. The lowest BCUT2D eigenvalue weighted by molar-refractivity contribution is 0.0943. The predicted octanol–water partition coefficient (Wildman–Crippen LogP) is 19.1. The third kappa shape index (κ3) is 20.5. The molecule has 10 heterocycles. The standard InChI is InChI=1S/C28H33N7O2.C27H29N3O2.C26H26BrN3O2.C26H26ClN3O2/c1-17-14-18(2)32-26(36)22(17)15-30-27(37)24-20(4)35(19(3)21-8-6-5-7-9-21)25-23(24)16-31-28(33-25)34-12-10-29-11-13-34;1-16-10-12-21(13-11-16)19(4)30-20(5)25(22-8-6-7-9-24(22)30)27(32)28-15-23-17(2)14-18(3)29-26(23)31;1-15-12-16(2)29-25(31)22(15)14-28-26(32)24-18(4)30(23-11-6-5-10-21(23)24)17(3)19-8-7-9-20(27)13-19;1-15-13-16(2)29-25(31)22(15)14-28-26(32)24-18(4)30(23-8-6-5-7-21(23)24)17(3)19-9-11-20(27)12-10-19/h5-9,14,16,19,29H,10-13,15H2,1-4H3,(H,30,37)(H,32,36);6-14,19H,15H2,1-5H3,(H,28,32)(H,29,31);2*5-13,17H,14H2,1-4H3,(H,28,32)(H,29,31)/t19-;;;/m1.../s1. The van der Waals surface area contributed by atoms with Crippen molar-refractivity contribution in [2.45, 2.75) is 168 Å². The Balaban J connectivity index is 0.000000143.